The Morgan fingerprint density at radius 3 is 2.56 bits per heavy atom. The van der Waals surface area contributed by atoms with E-state index in [-0.39, 0.29) is 0 Å². The van der Waals surface area contributed by atoms with Gasteiger partial charge in [-0.15, -0.1) is 0 Å². The molecule has 18 heavy (non-hydrogen) atoms. The molecule has 1 atom stereocenters. The first-order valence-electron chi connectivity index (χ1n) is 5.95. The van der Waals surface area contributed by atoms with Crippen molar-refractivity contribution >= 4 is 0 Å². The Kier molecular flexibility index (Phi) is 3.63. The molecule has 0 aliphatic rings. The minimum Gasteiger partial charge on any atom is -0.455 e. The molecule has 0 fully saturated rings. The summed E-state index contributed by atoms with van der Waals surface area (Å²) < 4.78 is 5.78. The van der Waals surface area contributed by atoms with Gasteiger partial charge in [-0.25, -0.2) is 0 Å². The highest BCUT2D eigenvalue weighted by molar-refractivity contribution is 5.39. The van der Waals surface area contributed by atoms with Gasteiger partial charge in [-0.3, -0.25) is 4.98 Å². The van der Waals surface area contributed by atoms with Gasteiger partial charge in [-0.2, -0.15) is 0 Å². The lowest BCUT2D eigenvalue weighted by atomic mass is 10.1. The molecule has 3 nitrogen and oxygen atoms in total. The molecule has 94 valence electrons. The van der Waals surface area contributed by atoms with Gasteiger partial charge >= 0.3 is 0 Å². The quantitative estimate of drug-likeness (QED) is 0.896. The topological polar surface area (TPSA) is 42.4 Å². The molecule has 0 aliphatic carbocycles. The van der Waals surface area contributed by atoms with Crippen molar-refractivity contribution < 1.29 is 9.84 Å². The van der Waals surface area contributed by atoms with Gasteiger partial charge in [0.2, 0.25) is 0 Å². The standard InChI is InChI=1S/C15H17NO2/c1-10-4-5-11(2)15(8-10)18-13-6-7-14(12(3)17)16-9-13/h4-9,12,17H,1-3H3/t12-/m0/s1. The van der Waals surface area contributed by atoms with Crippen LogP contribution in [0.1, 0.15) is 29.8 Å². The molecule has 0 bridgehead atoms. The lowest BCUT2D eigenvalue weighted by molar-refractivity contribution is 0.194. The van der Waals surface area contributed by atoms with Crippen LogP contribution >= 0.6 is 0 Å². The van der Waals surface area contributed by atoms with Gasteiger partial charge in [0.15, 0.2) is 0 Å². The van der Waals surface area contributed by atoms with E-state index in [9.17, 15) is 5.11 Å². The molecular weight excluding hydrogens is 226 g/mol. The van der Waals surface area contributed by atoms with Crippen LogP contribution in [0, 0.1) is 13.8 Å². The summed E-state index contributed by atoms with van der Waals surface area (Å²) in [6.07, 6.45) is 1.07. The van der Waals surface area contributed by atoms with Crippen LogP contribution in [0.2, 0.25) is 0 Å². The summed E-state index contributed by atoms with van der Waals surface area (Å²) in [6, 6.07) is 9.67. The van der Waals surface area contributed by atoms with Crippen LogP contribution in [0.5, 0.6) is 11.5 Å². The molecule has 0 saturated carbocycles. The van der Waals surface area contributed by atoms with Crippen LogP contribution in [0.25, 0.3) is 0 Å². The SMILES string of the molecule is Cc1ccc(C)c(Oc2ccc([C@H](C)O)nc2)c1. The number of pyridine rings is 1. The number of aromatic nitrogens is 1. The normalized spacial score (nSPS) is 12.2. The highest BCUT2D eigenvalue weighted by atomic mass is 16.5. The van der Waals surface area contributed by atoms with E-state index in [0.29, 0.717) is 11.4 Å². The third kappa shape index (κ3) is 2.87. The van der Waals surface area contributed by atoms with Gasteiger partial charge in [0, 0.05) is 0 Å². The second-order valence-electron chi connectivity index (χ2n) is 4.47. The van der Waals surface area contributed by atoms with Crippen molar-refractivity contribution in [1.29, 1.82) is 0 Å². The van der Waals surface area contributed by atoms with Crippen LogP contribution in [0.15, 0.2) is 36.5 Å². The number of aliphatic hydroxyl groups excluding tert-OH is 1. The Morgan fingerprint density at radius 2 is 1.94 bits per heavy atom. The molecule has 0 aliphatic heterocycles. The Bertz CT molecular complexity index is 533. The van der Waals surface area contributed by atoms with E-state index in [4.69, 9.17) is 4.74 Å². The first-order valence-corrected chi connectivity index (χ1v) is 5.95. The third-order valence-corrected chi connectivity index (χ3v) is 2.76. The minimum atomic E-state index is -0.556. The van der Waals surface area contributed by atoms with E-state index in [1.807, 2.05) is 32.0 Å². The fourth-order valence-electron chi connectivity index (χ4n) is 1.64. The van der Waals surface area contributed by atoms with Crippen molar-refractivity contribution in [3.05, 3.63) is 53.3 Å². The van der Waals surface area contributed by atoms with E-state index in [2.05, 4.69) is 11.1 Å². The van der Waals surface area contributed by atoms with E-state index in [1.54, 1.807) is 19.2 Å². The van der Waals surface area contributed by atoms with Crippen molar-refractivity contribution in [2.75, 3.05) is 0 Å². The molecule has 2 rings (SSSR count). The number of benzene rings is 1. The molecule has 0 spiro atoms. The lowest BCUT2D eigenvalue weighted by Gasteiger charge is -2.10. The Morgan fingerprint density at radius 1 is 1.17 bits per heavy atom. The molecule has 1 N–H and O–H groups in total. The molecule has 1 aromatic carbocycles. The van der Waals surface area contributed by atoms with Crippen LogP contribution < -0.4 is 4.74 Å². The fourth-order valence-corrected chi connectivity index (χ4v) is 1.64. The number of hydrogen-bond donors (Lipinski definition) is 1. The zero-order valence-corrected chi connectivity index (χ0v) is 10.8. The number of rotatable bonds is 3. The fraction of sp³-hybridized carbons (Fsp3) is 0.267. The lowest BCUT2D eigenvalue weighted by Crippen LogP contribution is -1.95. The summed E-state index contributed by atoms with van der Waals surface area (Å²) in [5.41, 5.74) is 2.88. The maximum absolute atomic E-state index is 9.38. The molecule has 3 heteroatoms. The second kappa shape index (κ2) is 5.19. The number of hydrogen-bond acceptors (Lipinski definition) is 3. The molecular formula is C15H17NO2. The number of ether oxygens (including phenoxy) is 1. The van der Waals surface area contributed by atoms with E-state index in [0.717, 1.165) is 16.9 Å². The monoisotopic (exact) mass is 243 g/mol. The average molecular weight is 243 g/mol. The van der Waals surface area contributed by atoms with E-state index < -0.39 is 6.10 Å². The number of aliphatic hydroxyl groups is 1. The summed E-state index contributed by atoms with van der Waals surface area (Å²) in [7, 11) is 0. The van der Waals surface area contributed by atoms with Gasteiger partial charge in [0.1, 0.15) is 11.5 Å². The van der Waals surface area contributed by atoms with Crippen molar-refractivity contribution in [1.82, 2.24) is 4.98 Å². The molecule has 0 radical (unpaired) electrons. The largest absolute Gasteiger partial charge is 0.455 e. The zero-order valence-electron chi connectivity index (χ0n) is 10.8. The number of nitrogens with zero attached hydrogens (tertiary/aromatic N) is 1. The second-order valence-corrected chi connectivity index (χ2v) is 4.47. The summed E-state index contributed by atoms with van der Waals surface area (Å²) in [5, 5.41) is 9.38. The first kappa shape index (κ1) is 12.6. The van der Waals surface area contributed by atoms with Gasteiger partial charge in [0.05, 0.1) is 18.0 Å². The maximum atomic E-state index is 9.38. The number of aryl methyl sites for hydroxylation is 2. The van der Waals surface area contributed by atoms with Crippen molar-refractivity contribution in [3.63, 3.8) is 0 Å². The summed E-state index contributed by atoms with van der Waals surface area (Å²) >= 11 is 0. The predicted octanol–water partition coefficient (Wildman–Crippen LogP) is 3.54. The van der Waals surface area contributed by atoms with Crippen LogP contribution in [0.3, 0.4) is 0 Å². The maximum Gasteiger partial charge on any atom is 0.145 e. The molecule has 1 heterocycles. The zero-order chi connectivity index (χ0) is 13.1. The highest BCUT2D eigenvalue weighted by Crippen LogP contribution is 2.26. The Balaban J connectivity index is 2.21. The highest BCUT2D eigenvalue weighted by Gasteiger charge is 2.05. The third-order valence-electron chi connectivity index (χ3n) is 2.76. The van der Waals surface area contributed by atoms with E-state index in [1.165, 1.54) is 0 Å². The Hall–Kier alpha value is -1.87. The van der Waals surface area contributed by atoms with Crippen molar-refractivity contribution in [2.45, 2.75) is 26.9 Å². The smallest absolute Gasteiger partial charge is 0.145 e. The van der Waals surface area contributed by atoms with E-state index >= 15 is 0 Å². The van der Waals surface area contributed by atoms with Crippen LogP contribution in [-0.2, 0) is 0 Å². The van der Waals surface area contributed by atoms with Crippen LogP contribution in [0.4, 0.5) is 0 Å². The van der Waals surface area contributed by atoms with Gasteiger partial charge in [-0.1, -0.05) is 12.1 Å². The van der Waals surface area contributed by atoms with Crippen molar-refractivity contribution in [3.8, 4) is 11.5 Å². The Labute approximate surface area is 107 Å². The summed E-state index contributed by atoms with van der Waals surface area (Å²) in [6.45, 7) is 5.72. The minimum absolute atomic E-state index is 0.556. The summed E-state index contributed by atoms with van der Waals surface area (Å²) in [5.74, 6) is 1.51. The molecule has 0 unspecified atom stereocenters. The first-order chi connectivity index (χ1) is 8.56. The van der Waals surface area contributed by atoms with Gasteiger partial charge in [-0.05, 0) is 50.1 Å². The molecule has 0 saturated heterocycles. The average Bonchev–Trinajstić information content (AvgIpc) is 2.34. The van der Waals surface area contributed by atoms with Gasteiger partial charge < -0.3 is 9.84 Å². The van der Waals surface area contributed by atoms with Crippen LogP contribution in [-0.4, -0.2) is 10.1 Å². The summed E-state index contributed by atoms with van der Waals surface area (Å²) in [4.78, 5) is 4.15. The van der Waals surface area contributed by atoms with Crippen molar-refractivity contribution in [2.24, 2.45) is 0 Å². The predicted molar refractivity (Wildman–Crippen MR) is 70.9 cm³/mol. The molecule has 0 amide bonds. The van der Waals surface area contributed by atoms with Gasteiger partial charge in [0.25, 0.3) is 0 Å². The molecule has 2 aromatic rings. The molecule has 1 aromatic heterocycles.